The van der Waals surface area contributed by atoms with Crippen molar-refractivity contribution in [2.24, 2.45) is 10.9 Å². The Kier molecular flexibility index (Phi) is 12.0. The number of aromatic nitrogens is 2. The molecule has 8 heteroatoms. The smallest absolute Gasteiger partial charge is 0.191 e. The maximum absolute atomic E-state index is 5.94. The molecule has 178 valence electrons. The number of morpholine rings is 1. The van der Waals surface area contributed by atoms with E-state index in [1.54, 1.807) is 0 Å². The minimum atomic E-state index is 0. The van der Waals surface area contributed by atoms with E-state index in [0.29, 0.717) is 12.5 Å². The Morgan fingerprint density at radius 2 is 2.06 bits per heavy atom. The quantitative estimate of drug-likeness (QED) is 0.269. The zero-order chi connectivity index (χ0) is 21.9. The second kappa shape index (κ2) is 14.5. The molecule has 0 radical (unpaired) electrons. The molecule has 0 aliphatic carbocycles. The van der Waals surface area contributed by atoms with E-state index in [9.17, 15) is 0 Å². The van der Waals surface area contributed by atoms with E-state index in [4.69, 9.17) is 9.73 Å². The van der Waals surface area contributed by atoms with E-state index in [1.165, 1.54) is 5.56 Å². The lowest BCUT2D eigenvalue weighted by Crippen LogP contribution is -2.46. The van der Waals surface area contributed by atoms with Crippen molar-refractivity contribution in [1.29, 1.82) is 0 Å². The molecular formula is C24H39IN6O. The summed E-state index contributed by atoms with van der Waals surface area (Å²) < 4.78 is 8.14. The number of benzene rings is 1. The Hall–Kier alpha value is -1.65. The van der Waals surface area contributed by atoms with E-state index in [1.807, 2.05) is 18.5 Å². The zero-order valence-electron chi connectivity index (χ0n) is 19.7. The minimum Gasteiger partial charge on any atom is -0.374 e. The van der Waals surface area contributed by atoms with Gasteiger partial charge in [0, 0.05) is 58.1 Å². The fraction of sp³-hybridized carbons (Fsp3) is 0.583. The number of nitrogens with one attached hydrogen (secondary N) is 2. The van der Waals surface area contributed by atoms with Crippen LogP contribution in [-0.2, 0) is 17.7 Å². The Morgan fingerprint density at radius 1 is 1.25 bits per heavy atom. The Bertz CT molecular complexity index is 795. The SMILES string of the molecule is CCNC(=NCC1CN(CC(C)C)CCO1)NCCc1nccn1Cc1ccccc1.I. The number of aliphatic imine (C=N–C) groups is 1. The Morgan fingerprint density at radius 3 is 2.81 bits per heavy atom. The van der Waals surface area contributed by atoms with Gasteiger partial charge in [-0.25, -0.2) is 4.98 Å². The van der Waals surface area contributed by atoms with Gasteiger partial charge >= 0.3 is 0 Å². The van der Waals surface area contributed by atoms with Gasteiger partial charge in [0.2, 0.25) is 0 Å². The molecule has 1 unspecified atom stereocenters. The fourth-order valence-electron chi connectivity index (χ4n) is 3.89. The summed E-state index contributed by atoms with van der Waals surface area (Å²) in [5.74, 6) is 2.59. The third kappa shape index (κ3) is 9.07. The fourth-order valence-corrected chi connectivity index (χ4v) is 3.89. The van der Waals surface area contributed by atoms with Crippen LogP contribution in [0, 0.1) is 5.92 Å². The van der Waals surface area contributed by atoms with Crippen LogP contribution in [0.15, 0.2) is 47.7 Å². The van der Waals surface area contributed by atoms with Crippen molar-refractivity contribution in [3.63, 3.8) is 0 Å². The molecule has 0 spiro atoms. The molecular weight excluding hydrogens is 515 g/mol. The lowest BCUT2D eigenvalue weighted by atomic mass is 10.2. The van der Waals surface area contributed by atoms with Gasteiger partial charge in [0.15, 0.2) is 5.96 Å². The van der Waals surface area contributed by atoms with Crippen molar-refractivity contribution < 1.29 is 4.74 Å². The molecule has 32 heavy (non-hydrogen) atoms. The van der Waals surface area contributed by atoms with Crippen LogP contribution in [-0.4, -0.2) is 72.4 Å². The van der Waals surface area contributed by atoms with Crippen LogP contribution in [0.2, 0.25) is 0 Å². The molecule has 1 saturated heterocycles. The molecule has 2 N–H and O–H groups in total. The first-order valence-electron chi connectivity index (χ1n) is 11.5. The summed E-state index contributed by atoms with van der Waals surface area (Å²) in [6.07, 6.45) is 4.92. The summed E-state index contributed by atoms with van der Waals surface area (Å²) in [7, 11) is 0. The number of halogens is 1. The second-order valence-electron chi connectivity index (χ2n) is 8.50. The van der Waals surface area contributed by atoms with Crippen molar-refractivity contribution >= 4 is 29.9 Å². The van der Waals surface area contributed by atoms with Crippen LogP contribution in [0.3, 0.4) is 0 Å². The maximum Gasteiger partial charge on any atom is 0.191 e. The molecule has 7 nitrogen and oxygen atoms in total. The third-order valence-corrected chi connectivity index (χ3v) is 5.28. The summed E-state index contributed by atoms with van der Waals surface area (Å²) in [5.41, 5.74) is 1.28. The molecule has 1 aliphatic heterocycles. The molecule has 3 rings (SSSR count). The van der Waals surface area contributed by atoms with Crippen LogP contribution >= 0.6 is 24.0 Å². The normalized spacial score (nSPS) is 17.2. The van der Waals surface area contributed by atoms with Gasteiger partial charge < -0.3 is 19.9 Å². The van der Waals surface area contributed by atoms with Gasteiger partial charge in [-0.15, -0.1) is 24.0 Å². The number of hydrogen-bond donors (Lipinski definition) is 2. The number of rotatable bonds is 10. The second-order valence-corrected chi connectivity index (χ2v) is 8.50. The van der Waals surface area contributed by atoms with Crippen molar-refractivity contribution in [3.05, 3.63) is 54.1 Å². The highest BCUT2D eigenvalue weighted by molar-refractivity contribution is 14.0. The van der Waals surface area contributed by atoms with Gasteiger partial charge in [-0.3, -0.25) is 9.89 Å². The first kappa shape index (κ1) is 26.6. The molecule has 1 fully saturated rings. The van der Waals surface area contributed by atoms with Gasteiger partial charge in [-0.05, 0) is 18.4 Å². The van der Waals surface area contributed by atoms with Crippen molar-refractivity contribution in [2.75, 3.05) is 45.9 Å². The lowest BCUT2D eigenvalue weighted by molar-refractivity contribution is -0.0261. The van der Waals surface area contributed by atoms with Crippen LogP contribution in [0.25, 0.3) is 0 Å². The number of hydrogen-bond acceptors (Lipinski definition) is 4. The molecule has 1 aromatic heterocycles. The van der Waals surface area contributed by atoms with Crippen LogP contribution in [0.5, 0.6) is 0 Å². The zero-order valence-corrected chi connectivity index (χ0v) is 22.0. The molecule has 1 atom stereocenters. The number of nitrogens with zero attached hydrogens (tertiary/aromatic N) is 4. The predicted octanol–water partition coefficient (Wildman–Crippen LogP) is 3.00. The van der Waals surface area contributed by atoms with Gasteiger partial charge in [-0.2, -0.15) is 0 Å². The van der Waals surface area contributed by atoms with E-state index < -0.39 is 0 Å². The first-order valence-corrected chi connectivity index (χ1v) is 11.5. The van der Waals surface area contributed by atoms with Crippen molar-refractivity contribution in [3.8, 4) is 0 Å². The van der Waals surface area contributed by atoms with Gasteiger partial charge in [0.05, 0.1) is 19.3 Å². The predicted molar refractivity (Wildman–Crippen MR) is 142 cm³/mol. The van der Waals surface area contributed by atoms with Gasteiger partial charge in [-0.1, -0.05) is 44.2 Å². The number of guanidine groups is 1. The van der Waals surface area contributed by atoms with E-state index in [2.05, 4.69) is 70.1 Å². The highest BCUT2D eigenvalue weighted by Gasteiger charge is 2.20. The molecule has 1 aromatic carbocycles. The summed E-state index contributed by atoms with van der Waals surface area (Å²) in [4.78, 5) is 11.8. The van der Waals surface area contributed by atoms with Gasteiger partial charge in [0.25, 0.3) is 0 Å². The topological polar surface area (TPSA) is 66.7 Å². The third-order valence-electron chi connectivity index (χ3n) is 5.28. The molecule has 0 bridgehead atoms. The van der Waals surface area contributed by atoms with Crippen LogP contribution in [0.1, 0.15) is 32.2 Å². The Balaban J connectivity index is 0.00000363. The highest BCUT2D eigenvalue weighted by Crippen LogP contribution is 2.09. The number of ether oxygens (including phenoxy) is 1. The average molecular weight is 555 g/mol. The van der Waals surface area contributed by atoms with Gasteiger partial charge in [0.1, 0.15) is 5.82 Å². The largest absolute Gasteiger partial charge is 0.374 e. The summed E-state index contributed by atoms with van der Waals surface area (Å²) >= 11 is 0. The van der Waals surface area contributed by atoms with E-state index in [0.717, 1.165) is 64.1 Å². The summed E-state index contributed by atoms with van der Waals surface area (Å²) in [5, 5.41) is 6.79. The standard InChI is InChI=1S/C24H38N6O.HI/c1-4-25-24(28-16-22-19-29(14-15-31-22)17-20(2)3)27-11-10-23-26-12-13-30(23)18-21-8-6-5-7-9-21;/h5-9,12-13,20,22H,4,10-11,14-19H2,1-3H3,(H2,25,27,28);1H. The van der Waals surface area contributed by atoms with Crippen LogP contribution in [0.4, 0.5) is 0 Å². The highest BCUT2D eigenvalue weighted by atomic mass is 127. The average Bonchev–Trinajstić information content (AvgIpc) is 3.19. The molecule has 0 amide bonds. The monoisotopic (exact) mass is 554 g/mol. The molecule has 2 heterocycles. The summed E-state index contributed by atoms with van der Waals surface area (Å²) in [6.45, 7) is 13.6. The first-order chi connectivity index (χ1) is 15.1. The van der Waals surface area contributed by atoms with Crippen LogP contribution < -0.4 is 10.6 Å². The Labute approximate surface area is 210 Å². The minimum absolute atomic E-state index is 0. The van der Waals surface area contributed by atoms with E-state index in [-0.39, 0.29) is 30.1 Å². The number of imidazole rings is 1. The van der Waals surface area contributed by atoms with Crippen molar-refractivity contribution in [2.45, 2.75) is 39.8 Å². The summed E-state index contributed by atoms with van der Waals surface area (Å²) in [6, 6.07) is 10.5. The maximum atomic E-state index is 5.94. The van der Waals surface area contributed by atoms with E-state index >= 15 is 0 Å². The lowest BCUT2D eigenvalue weighted by Gasteiger charge is -2.33. The molecule has 1 aliphatic rings. The van der Waals surface area contributed by atoms with Crippen molar-refractivity contribution in [1.82, 2.24) is 25.1 Å². The molecule has 0 saturated carbocycles. The molecule has 2 aromatic rings.